The second-order valence-corrected chi connectivity index (χ2v) is 6.02. The van der Waals surface area contributed by atoms with Crippen molar-refractivity contribution in [2.75, 3.05) is 7.05 Å². The van der Waals surface area contributed by atoms with Gasteiger partial charge in [-0.25, -0.2) is 0 Å². The van der Waals surface area contributed by atoms with E-state index >= 15 is 0 Å². The van der Waals surface area contributed by atoms with Crippen LogP contribution in [0.5, 0.6) is 0 Å². The first-order valence-corrected chi connectivity index (χ1v) is 6.78. The van der Waals surface area contributed by atoms with Crippen LogP contribution in [-0.4, -0.2) is 13.1 Å². The van der Waals surface area contributed by atoms with E-state index in [2.05, 4.69) is 46.7 Å². The molecule has 1 N–H and O–H groups in total. The largest absolute Gasteiger partial charge is 0.316 e. The Balaban J connectivity index is 1.98. The maximum atomic E-state index is 3.59. The summed E-state index contributed by atoms with van der Waals surface area (Å²) in [5.74, 6) is 1.82. The molecule has 0 amide bonds. The minimum atomic E-state index is 0.667. The summed E-state index contributed by atoms with van der Waals surface area (Å²) < 4.78 is 1.27. The molecule has 1 aromatic heterocycles. The van der Waals surface area contributed by atoms with Gasteiger partial charge in [0.2, 0.25) is 0 Å². The van der Waals surface area contributed by atoms with Crippen molar-refractivity contribution >= 4 is 27.3 Å². The predicted molar refractivity (Wildman–Crippen MR) is 65.8 cm³/mol. The SMILES string of the molecule is CNC(Cc1sccc1Br)C1CC1C. The molecule has 78 valence electrons. The molecular formula is C11H16BrNS. The molecule has 3 unspecified atom stereocenters. The van der Waals surface area contributed by atoms with E-state index in [1.807, 2.05) is 11.3 Å². The summed E-state index contributed by atoms with van der Waals surface area (Å²) >= 11 is 5.44. The Bertz CT molecular complexity index is 310. The van der Waals surface area contributed by atoms with Crippen LogP contribution in [0.25, 0.3) is 0 Å². The highest BCUT2D eigenvalue weighted by Gasteiger charge is 2.38. The average molecular weight is 274 g/mol. The number of hydrogen-bond donors (Lipinski definition) is 1. The van der Waals surface area contributed by atoms with Gasteiger partial charge in [0.25, 0.3) is 0 Å². The molecule has 0 aromatic carbocycles. The zero-order valence-corrected chi connectivity index (χ0v) is 11.0. The zero-order chi connectivity index (χ0) is 10.1. The Kier molecular flexibility index (Phi) is 3.30. The Hall–Kier alpha value is 0.140. The van der Waals surface area contributed by atoms with Gasteiger partial charge in [-0.1, -0.05) is 6.92 Å². The Labute approximate surface area is 98.0 Å². The van der Waals surface area contributed by atoms with Crippen molar-refractivity contribution in [1.82, 2.24) is 5.32 Å². The van der Waals surface area contributed by atoms with Gasteiger partial charge >= 0.3 is 0 Å². The lowest BCUT2D eigenvalue weighted by molar-refractivity contribution is 0.481. The third-order valence-electron chi connectivity index (χ3n) is 3.16. The number of halogens is 1. The van der Waals surface area contributed by atoms with Crippen LogP contribution in [-0.2, 0) is 6.42 Å². The lowest BCUT2D eigenvalue weighted by Crippen LogP contribution is -2.30. The van der Waals surface area contributed by atoms with Gasteiger partial charge in [0.15, 0.2) is 0 Å². The van der Waals surface area contributed by atoms with Gasteiger partial charge in [-0.2, -0.15) is 0 Å². The minimum absolute atomic E-state index is 0.667. The first kappa shape index (κ1) is 10.7. The fourth-order valence-electron chi connectivity index (χ4n) is 2.05. The van der Waals surface area contributed by atoms with Crippen LogP contribution in [0.4, 0.5) is 0 Å². The van der Waals surface area contributed by atoms with Crippen molar-refractivity contribution in [3.8, 4) is 0 Å². The Morgan fingerprint density at radius 2 is 2.43 bits per heavy atom. The van der Waals surface area contributed by atoms with Crippen LogP contribution in [0.2, 0.25) is 0 Å². The topological polar surface area (TPSA) is 12.0 Å². The van der Waals surface area contributed by atoms with E-state index in [1.54, 1.807) is 0 Å². The monoisotopic (exact) mass is 273 g/mol. The number of nitrogens with one attached hydrogen (secondary N) is 1. The third kappa shape index (κ3) is 2.20. The molecule has 1 aromatic rings. The number of likely N-dealkylation sites (N-methyl/N-ethyl adjacent to an activating group) is 1. The summed E-state index contributed by atoms with van der Waals surface area (Å²) in [5, 5.41) is 5.60. The summed E-state index contributed by atoms with van der Waals surface area (Å²) in [7, 11) is 2.08. The standard InChI is InChI=1S/C11H16BrNS/c1-7-5-8(7)10(13-2)6-11-9(12)3-4-14-11/h3-4,7-8,10,13H,5-6H2,1-2H3. The zero-order valence-electron chi connectivity index (χ0n) is 8.59. The van der Waals surface area contributed by atoms with Gasteiger partial charge in [0.1, 0.15) is 0 Å². The van der Waals surface area contributed by atoms with Crippen molar-refractivity contribution in [3.63, 3.8) is 0 Å². The van der Waals surface area contributed by atoms with Crippen LogP contribution in [0.1, 0.15) is 18.2 Å². The quantitative estimate of drug-likeness (QED) is 0.888. The van der Waals surface area contributed by atoms with E-state index in [1.165, 1.54) is 22.2 Å². The van der Waals surface area contributed by atoms with E-state index in [4.69, 9.17) is 0 Å². The molecule has 0 aliphatic heterocycles. The fraction of sp³-hybridized carbons (Fsp3) is 0.636. The highest BCUT2D eigenvalue weighted by molar-refractivity contribution is 9.10. The molecule has 1 saturated carbocycles. The Morgan fingerprint density at radius 1 is 1.71 bits per heavy atom. The third-order valence-corrected chi connectivity index (χ3v) is 5.10. The number of thiophene rings is 1. The smallest absolute Gasteiger partial charge is 0.0314 e. The maximum Gasteiger partial charge on any atom is 0.0314 e. The van der Waals surface area contributed by atoms with E-state index in [0.29, 0.717) is 6.04 Å². The predicted octanol–water partition coefficient (Wildman–Crippen LogP) is 3.30. The molecule has 1 heterocycles. The van der Waals surface area contributed by atoms with Crippen molar-refractivity contribution in [2.45, 2.75) is 25.8 Å². The summed E-state index contributed by atoms with van der Waals surface area (Å²) in [6.45, 7) is 2.35. The van der Waals surface area contributed by atoms with Crippen molar-refractivity contribution in [3.05, 3.63) is 20.8 Å². The normalized spacial score (nSPS) is 27.6. The molecule has 1 nitrogen and oxygen atoms in total. The number of hydrogen-bond acceptors (Lipinski definition) is 2. The molecule has 3 heteroatoms. The van der Waals surface area contributed by atoms with Crippen LogP contribution in [0.3, 0.4) is 0 Å². The molecule has 14 heavy (non-hydrogen) atoms. The van der Waals surface area contributed by atoms with Gasteiger partial charge in [0.05, 0.1) is 0 Å². The number of rotatable bonds is 4. The van der Waals surface area contributed by atoms with Crippen LogP contribution < -0.4 is 5.32 Å². The molecule has 1 fully saturated rings. The van der Waals surface area contributed by atoms with Crippen LogP contribution in [0.15, 0.2) is 15.9 Å². The fourth-order valence-corrected chi connectivity index (χ4v) is 3.62. The molecule has 1 aliphatic carbocycles. The van der Waals surface area contributed by atoms with Crippen molar-refractivity contribution in [2.24, 2.45) is 11.8 Å². The van der Waals surface area contributed by atoms with Gasteiger partial charge in [-0.05, 0) is 59.1 Å². The molecule has 0 spiro atoms. The first-order valence-electron chi connectivity index (χ1n) is 5.11. The highest BCUT2D eigenvalue weighted by Crippen LogP contribution is 2.42. The molecule has 2 rings (SSSR count). The van der Waals surface area contributed by atoms with Gasteiger partial charge in [0, 0.05) is 15.4 Å². The lowest BCUT2D eigenvalue weighted by Gasteiger charge is -2.15. The van der Waals surface area contributed by atoms with Crippen molar-refractivity contribution < 1.29 is 0 Å². The highest BCUT2D eigenvalue weighted by atomic mass is 79.9. The summed E-state index contributed by atoms with van der Waals surface area (Å²) in [5.41, 5.74) is 0. The van der Waals surface area contributed by atoms with E-state index < -0.39 is 0 Å². The molecule has 0 bridgehead atoms. The second kappa shape index (κ2) is 4.33. The maximum absolute atomic E-state index is 3.59. The molecule has 0 radical (unpaired) electrons. The van der Waals surface area contributed by atoms with Crippen LogP contribution >= 0.6 is 27.3 Å². The summed E-state index contributed by atoms with van der Waals surface area (Å²) in [6.07, 6.45) is 2.57. The van der Waals surface area contributed by atoms with E-state index in [-0.39, 0.29) is 0 Å². The summed E-state index contributed by atoms with van der Waals surface area (Å²) in [4.78, 5) is 1.48. The van der Waals surface area contributed by atoms with Crippen molar-refractivity contribution in [1.29, 1.82) is 0 Å². The molecular weight excluding hydrogens is 258 g/mol. The molecule has 1 aliphatic rings. The van der Waals surface area contributed by atoms with Gasteiger partial charge in [-0.3, -0.25) is 0 Å². The van der Waals surface area contributed by atoms with Crippen LogP contribution in [0, 0.1) is 11.8 Å². The lowest BCUT2D eigenvalue weighted by atomic mass is 10.1. The van der Waals surface area contributed by atoms with Gasteiger partial charge in [-0.15, -0.1) is 11.3 Å². The minimum Gasteiger partial charge on any atom is -0.316 e. The van der Waals surface area contributed by atoms with Gasteiger partial charge < -0.3 is 5.32 Å². The Morgan fingerprint density at radius 3 is 2.86 bits per heavy atom. The second-order valence-electron chi connectivity index (χ2n) is 4.17. The van der Waals surface area contributed by atoms with E-state index in [9.17, 15) is 0 Å². The first-order chi connectivity index (χ1) is 6.72. The van der Waals surface area contributed by atoms with E-state index in [0.717, 1.165) is 11.8 Å². The molecule has 0 saturated heterocycles. The summed E-state index contributed by atoms with van der Waals surface area (Å²) in [6, 6.07) is 2.81. The molecule has 3 atom stereocenters. The average Bonchev–Trinajstić information content (AvgIpc) is 2.74.